The molecule has 0 saturated heterocycles. The number of aromatic nitrogens is 2. The van der Waals surface area contributed by atoms with Crippen molar-refractivity contribution in [3.8, 4) is 0 Å². The molecule has 0 fully saturated rings. The van der Waals surface area contributed by atoms with E-state index < -0.39 is 72.8 Å². The second-order valence-electron chi connectivity index (χ2n) is 8.67. The lowest BCUT2D eigenvalue weighted by atomic mass is 10.2. The molecule has 2 aromatic rings. The second kappa shape index (κ2) is 10.0. The number of rotatable bonds is 5. The molecular weight excluding hydrogens is 524 g/mol. The summed E-state index contributed by atoms with van der Waals surface area (Å²) in [6.07, 6.45) is -12.4. The Hall–Kier alpha value is -3.24. The number of carbonyl (C=O) groups is 2. The fourth-order valence-corrected chi connectivity index (χ4v) is 4.38. The van der Waals surface area contributed by atoms with Crippen LogP contribution >= 0.6 is 11.3 Å². The van der Waals surface area contributed by atoms with E-state index in [2.05, 4.69) is 5.43 Å². The minimum absolute atomic E-state index is 0.00563. The van der Waals surface area contributed by atoms with E-state index in [0.29, 0.717) is 20.9 Å². The maximum Gasteiger partial charge on any atom is 0.426 e. The van der Waals surface area contributed by atoms with Crippen molar-refractivity contribution >= 4 is 33.7 Å². The third kappa shape index (κ3) is 7.38. The maximum absolute atomic E-state index is 13.0. The number of alkyl halides is 6. The number of hydrogen-bond acceptors (Lipinski definition) is 6. The van der Waals surface area contributed by atoms with Crippen LogP contribution in [0.15, 0.2) is 9.59 Å². The standard InChI is InChI=1S/C19H23F6N5O5S/c1-9-10(7-30(14(26)32)27-15(33)35-17(2,3)4)36-13-11(9)12(31)29(8-19(23,24)25)16(34)28(13)6-5-18(20,21)22/h5-8H2,1-4H3,(H2,26,32)(H,27,33). The van der Waals surface area contributed by atoms with Crippen LogP contribution in [0.5, 0.6) is 0 Å². The average Bonchev–Trinajstić information content (AvgIpc) is 2.97. The summed E-state index contributed by atoms with van der Waals surface area (Å²) in [6.45, 7) is 2.33. The quantitative estimate of drug-likeness (QED) is 0.438. The molecule has 0 aliphatic carbocycles. The lowest BCUT2D eigenvalue weighted by Crippen LogP contribution is -2.49. The minimum Gasteiger partial charge on any atom is -0.443 e. The zero-order valence-electron chi connectivity index (χ0n) is 19.5. The molecule has 3 N–H and O–H groups in total. The molecule has 202 valence electrons. The van der Waals surface area contributed by atoms with Gasteiger partial charge in [0.1, 0.15) is 17.0 Å². The number of carbonyl (C=O) groups excluding carboxylic acids is 2. The predicted octanol–water partition coefficient (Wildman–Crippen LogP) is 3.37. The fourth-order valence-electron chi connectivity index (χ4n) is 3.07. The number of aryl methyl sites for hydroxylation is 2. The third-order valence-electron chi connectivity index (χ3n) is 4.54. The molecule has 0 aliphatic heterocycles. The Morgan fingerprint density at radius 1 is 1.06 bits per heavy atom. The Kier molecular flexibility index (Phi) is 8.07. The number of fused-ring (bicyclic) bond motifs is 1. The summed E-state index contributed by atoms with van der Waals surface area (Å²) in [7, 11) is 0. The number of urea groups is 1. The van der Waals surface area contributed by atoms with E-state index in [4.69, 9.17) is 10.5 Å². The Morgan fingerprint density at radius 2 is 1.64 bits per heavy atom. The highest BCUT2D eigenvalue weighted by molar-refractivity contribution is 7.18. The Bertz CT molecular complexity index is 1270. The molecule has 2 heterocycles. The molecule has 2 aromatic heterocycles. The molecule has 0 radical (unpaired) electrons. The number of primary amides is 1. The summed E-state index contributed by atoms with van der Waals surface area (Å²) < 4.78 is 82.8. The topological polar surface area (TPSA) is 129 Å². The van der Waals surface area contributed by atoms with Crippen molar-refractivity contribution in [1.82, 2.24) is 19.6 Å². The summed E-state index contributed by atoms with van der Waals surface area (Å²) in [5, 5.41) is 0.153. The van der Waals surface area contributed by atoms with Gasteiger partial charge in [-0.1, -0.05) is 0 Å². The van der Waals surface area contributed by atoms with Gasteiger partial charge in [-0.25, -0.2) is 24.8 Å². The number of nitrogens with zero attached hydrogens (tertiary/aromatic N) is 3. The van der Waals surface area contributed by atoms with E-state index in [0.717, 1.165) is 0 Å². The zero-order chi connectivity index (χ0) is 27.8. The number of nitrogens with one attached hydrogen (secondary N) is 1. The van der Waals surface area contributed by atoms with Crippen LogP contribution in [0.1, 0.15) is 37.6 Å². The number of hydrogen-bond donors (Lipinski definition) is 2. The van der Waals surface area contributed by atoms with Crippen LogP contribution in [0, 0.1) is 6.92 Å². The van der Waals surface area contributed by atoms with Gasteiger partial charge in [-0.3, -0.25) is 13.9 Å². The van der Waals surface area contributed by atoms with E-state index in [1.165, 1.54) is 6.92 Å². The summed E-state index contributed by atoms with van der Waals surface area (Å²) >= 11 is 0.602. The first-order valence-electron chi connectivity index (χ1n) is 10.2. The summed E-state index contributed by atoms with van der Waals surface area (Å²) in [5.41, 5.74) is 3.46. The molecule has 0 saturated carbocycles. The molecule has 0 spiro atoms. The normalized spacial score (nSPS) is 12.6. The van der Waals surface area contributed by atoms with E-state index in [9.17, 15) is 45.5 Å². The van der Waals surface area contributed by atoms with Gasteiger partial charge in [0, 0.05) is 11.4 Å². The van der Waals surface area contributed by atoms with E-state index in [-0.39, 0.29) is 19.8 Å². The number of nitrogens with two attached hydrogens (primary N) is 1. The third-order valence-corrected chi connectivity index (χ3v) is 5.84. The Labute approximate surface area is 203 Å². The Morgan fingerprint density at radius 3 is 2.11 bits per heavy atom. The summed E-state index contributed by atoms with van der Waals surface area (Å²) in [5.74, 6) is 0. The number of ether oxygens (including phenoxy) is 1. The zero-order valence-corrected chi connectivity index (χ0v) is 20.3. The van der Waals surface area contributed by atoms with Gasteiger partial charge in [0.15, 0.2) is 0 Å². The van der Waals surface area contributed by atoms with Gasteiger partial charge >= 0.3 is 30.2 Å². The SMILES string of the molecule is Cc1c(CN(NC(=O)OC(C)(C)C)C(N)=O)sc2c1c(=O)n(CC(F)(F)F)c(=O)n2CCC(F)(F)F. The number of hydrazine groups is 1. The lowest BCUT2D eigenvalue weighted by molar-refractivity contribution is -0.143. The highest BCUT2D eigenvalue weighted by Crippen LogP contribution is 2.30. The highest BCUT2D eigenvalue weighted by atomic mass is 32.1. The fraction of sp³-hybridized carbons (Fsp3) is 0.579. The van der Waals surface area contributed by atoms with Crippen LogP contribution in [0.2, 0.25) is 0 Å². The highest BCUT2D eigenvalue weighted by Gasteiger charge is 2.33. The van der Waals surface area contributed by atoms with Crippen LogP contribution < -0.4 is 22.4 Å². The van der Waals surface area contributed by atoms with Gasteiger partial charge in [-0.15, -0.1) is 11.3 Å². The molecule has 17 heteroatoms. The van der Waals surface area contributed by atoms with Gasteiger partial charge in [0.05, 0.1) is 18.4 Å². The molecule has 0 atom stereocenters. The second-order valence-corrected chi connectivity index (χ2v) is 9.76. The molecule has 3 amide bonds. The average molecular weight is 547 g/mol. The van der Waals surface area contributed by atoms with Crippen molar-refractivity contribution in [2.45, 2.75) is 71.7 Å². The monoisotopic (exact) mass is 547 g/mol. The van der Waals surface area contributed by atoms with E-state index in [1.54, 1.807) is 20.8 Å². The minimum atomic E-state index is -5.01. The van der Waals surface area contributed by atoms with Crippen molar-refractivity contribution in [2.24, 2.45) is 5.73 Å². The molecule has 0 aromatic carbocycles. The summed E-state index contributed by atoms with van der Waals surface area (Å²) in [6, 6.07) is -1.18. The van der Waals surface area contributed by atoms with Crippen LogP contribution in [0.4, 0.5) is 35.9 Å². The van der Waals surface area contributed by atoms with Gasteiger partial charge < -0.3 is 10.5 Å². The molecule has 0 unspecified atom stereocenters. The van der Waals surface area contributed by atoms with Crippen LogP contribution in [-0.2, 0) is 24.4 Å². The first-order valence-corrected chi connectivity index (χ1v) is 11.0. The van der Waals surface area contributed by atoms with Gasteiger partial charge in [-0.05, 0) is 33.3 Å². The Balaban J connectivity index is 2.64. The van der Waals surface area contributed by atoms with Crippen molar-refractivity contribution < 1.29 is 40.7 Å². The number of halogens is 6. The van der Waals surface area contributed by atoms with Crippen molar-refractivity contribution in [1.29, 1.82) is 0 Å². The van der Waals surface area contributed by atoms with Crippen molar-refractivity contribution in [3.05, 3.63) is 31.3 Å². The molecule has 36 heavy (non-hydrogen) atoms. The molecule has 0 bridgehead atoms. The maximum atomic E-state index is 13.0. The predicted molar refractivity (Wildman–Crippen MR) is 116 cm³/mol. The smallest absolute Gasteiger partial charge is 0.426 e. The molecule has 2 rings (SSSR count). The largest absolute Gasteiger partial charge is 0.443 e. The number of thiophene rings is 1. The number of amides is 3. The van der Waals surface area contributed by atoms with Crippen molar-refractivity contribution in [3.63, 3.8) is 0 Å². The van der Waals surface area contributed by atoms with E-state index in [1.807, 2.05) is 0 Å². The van der Waals surface area contributed by atoms with Crippen LogP contribution in [0.25, 0.3) is 10.2 Å². The molecular formula is C19H23F6N5O5S. The van der Waals surface area contributed by atoms with Crippen LogP contribution in [-0.4, -0.2) is 44.2 Å². The lowest BCUT2D eigenvalue weighted by Gasteiger charge is -2.24. The van der Waals surface area contributed by atoms with E-state index >= 15 is 0 Å². The van der Waals surface area contributed by atoms with Crippen LogP contribution in [0.3, 0.4) is 0 Å². The first-order chi connectivity index (χ1) is 16.2. The van der Waals surface area contributed by atoms with Gasteiger partial charge in [0.25, 0.3) is 5.56 Å². The molecule has 0 aliphatic rings. The molecule has 10 nitrogen and oxygen atoms in total. The van der Waals surface area contributed by atoms with Gasteiger partial charge in [-0.2, -0.15) is 26.3 Å². The summed E-state index contributed by atoms with van der Waals surface area (Å²) in [4.78, 5) is 49.1. The van der Waals surface area contributed by atoms with Gasteiger partial charge in [0.2, 0.25) is 0 Å². The first kappa shape index (κ1) is 29.0. The van der Waals surface area contributed by atoms with Crippen molar-refractivity contribution in [2.75, 3.05) is 0 Å².